The Morgan fingerprint density at radius 3 is 2.00 bits per heavy atom. The van der Waals surface area contributed by atoms with Crippen LogP contribution in [0.5, 0.6) is 0 Å². The van der Waals surface area contributed by atoms with Gasteiger partial charge < -0.3 is 5.11 Å². The largest absolute Gasteiger partial charge is 0.478 e. The van der Waals surface area contributed by atoms with Crippen LogP contribution in [0, 0.1) is 6.92 Å². The van der Waals surface area contributed by atoms with Crippen LogP contribution in [-0.4, -0.2) is 11.1 Å². The minimum atomic E-state index is -9.72. The van der Waals surface area contributed by atoms with E-state index in [2.05, 4.69) is 0 Å². The molecule has 0 aliphatic rings. The summed E-state index contributed by atoms with van der Waals surface area (Å²) < 4.78 is 61.6. The number of hydrogen-bond acceptors (Lipinski definition) is 1. The first-order valence-corrected chi connectivity index (χ1v) is 5.84. The van der Waals surface area contributed by atoms with E-state index in [-0.39, 0.29) is 17.7 Å². The molecule has 0 aromatic heterocycles. The Morgan fingerprint density at radius 2 is 1.69 bits per heavy atom. The number of halogens is 5. The fraction of sp³-hybridized carbons (Fsp3) is 0.125. The van der Waals surface area contributed by atoms with Gasteiger partial charge >= 0.3 is 16.2 Å². The third kappa shape index (κ3) is 2.63. The van der Waals surface area contributed by atoms with Crippen molar-refractivity contribution in [3.63, 3.8) is 0 Å². The van der Waals surface area contributed by atoms with Crippen LogP contribution >= 0.6 is 10.2 Å². The molecule has 0 spiro atoms. The minimum Gasteiger partial charge on any atom is -0.478 e. The van der Waals surface area contributed by atoms with Gasteiger partial charge in [-0.3, -0.25) is 0 Å². The summed E-state index contributed by atoms with van der Waals surface area (Å²) in [5.41, 5.74) is -0.802. The van der Waals surface area contributed by atoms with Gasteiger partial charge in [0.05, 0.1) is 5.56 Å². The smallest absolute Gasteiger partial charge is 0.335 e. The normalized spacial score (nSPS) is 16.4. The highest BCUT2D eigenvalue weighted by Gasteiger charge is 2.65. The number of aryl methyl sites for hydroxylation is 1. The Hall–Kier alpha value is -1.31. The van der Waals surface area contributed by atoms with E-state index in [0.29, 0.717) is 6.07 Å². The lowest BCUT2D eigenvalue weighted by molar-refractivity contribution is 0.0696. The molecular formula is C8H7F5O2S. The van der Waals surface area contributed by atoms with Crippen molar-refractivity contribution in [2.45, 2.75) is 11.8 Å². The van der Waals surface area contributed by atoms with E-state index in [4.69, 9.17) is 5.11 Å². The standard InChI is InChI=1S/C8H7F5O2S/c1-5-4-6(16(9,10,11,12)13)2-3-7(5)8(14)15/h2-4H,1H3,(H,14,15). The van der Waals surface area contributed by atoms with Gasteiger partial charge in [0.2, 0.25) is 0 Å². The van der Waals surface area contributed by atoms with Crippen LogP contribution < -0.4 is 0 Å². The van der Waals surface area contributed by atoms with Gasteiger partial charge in [-0.05, 0) is 30.7 Å². The Kier molecular flexibility index (Phi) is 2.14. The van der Waals surface area contributed by atoms with E-state index in [1.54, 1.807) is 0 Å². The number of aromatic carboxylic acids is 1. The van der Waals surface area contributed by atoms with Gasteiger partial charge in [0.25, 0.3) is 0 Å². The van der Waals surface area contributed by atoms with Gasteiger partial charge in [0, 0.05) is 0 Å². The van der Waals surface area contributed by atoms with Crippen molar-refractivity contribution in [1.82, 2.24) is 0 Å². The fourth-order valence-corrected chi connectivity index (χ4v) is 1.84. The topological polar surface area (TPSA) is 37.3 Å². The van der Waals surface area contributed by atoms with Crippen molar-refractivity contribution in [1.29, 1.82) is 0 Å². The van der Waals surface area contributed by atoms with Crippen molar-refractivity contribution in [2.24, 2.45) is 0 Å². The maximum Gasteiger partial charge on any atom is 0.335 e. The van der Waals surface area contributed by atoms with Crippen LogP contribution in [0.25, 0.3) is 0 Å². The molecule has 0 amide bonds. The number of carboxylic acid groups (broad SMARTS) is 1. The number of rotatable bonds is 2. The van der Waals surface area contributed by atoms with Gasteiger partial charge in [-0.1, -0.05) is 19.4 Å². The second-order valence-corrected chi connectivity index (χ2v) is 5.66. The molecule has 1 N–H and O–H groups in total. The molecule has 1 rings (SSSR count). The van der Waals surface area contributed by atoms with Crippen LogP contribution in [-0.2, 0) is 0 Å². The van der Waals surface area contributed by atoms with Crippen LogP contribution in [0.15, 0.2) is 23.1 Å². The molecule has 0 radical (unpaired) electrons. The molecule has 0 unspecified atom stereocenters. The monoisotopic (exact) mass is 262 g/mol. The van der Waals surface area contributed by atoms with Crippen LogP contribution in [0.2, 0.25) is 0 Å². The van der Waals surface area contributed by atoms with Gasteiger partial charge in [-0.25, -0.2) is 4.79 Å². The highest BCUT2D eigenvalue weighted by Crippen LogP contribution is 3.02. The van der Waals surface area contributed by atoms with Gasteiger partial charge in [-0.15, -0.1) is 0 Å². The van der Waals surface area contributed by atoms with E-state index in [9.17, 15) is 24.2 Å². The first-order valence-electron chi connectivity index (χ1n) is 3.89. The molecule has 0 heterocycles. The van der Waals surface area contributed by atoms with Crippen molar-refractivity contribution in [3.05, 3.63) is 29.3 Å². The summed E-state index contributed by atoms with van der Waals surface area (Å²) in [5.74, 6) is -1.47. The Labute approximate surface area is 87.4 Å². The van der Waals surface area contributed by atoms with Gasteiger partial charge in [-0.2, -0.15) is 0 Å². The predicted octanol–water partition coefficient (Wildman–Crippen LogP) is 4.35. The molecule has 0 aliphatic heterocycles. The first-order chi connectivity index (χ1) is 6.81. The van der Waals surface area contributed by atoms with E-state index in [1.165, 1.54) is 0 Å². The first kappa shape index (κ1) is 12.8. The summed E-state index contributed by atoms with van der Waals surface area (Å²) >= 11 is 0. The van der Waals surface area contributed by atoms with Crippen LogP contribution in [0.3, 0.4) is 0 Å². The second kappa shape index (κ2) is 2.68. The summed E-state index contributed by atoms with van der Waals surface area (Å²) in [5, 5.41) is 8.53. The molecule has 0 fully saturated rings. The molecule has 0 saturated carbocycles. The second-order valence-electron chi connectivity index (χ2n) is 3.25. The summed E-state index contributed by atoms with van der Waals surface area (Å²) in [6.07, 6.45) is 0. The molecule has 8 heteroatoms. The SMILES string of the molecule is Cc1cc(S(F)(F)(F)(F)F)ccc1C(=O)O. The summed E-state index contributed by atoms with van der Waals surface area (Å²) in [6, 6.07) is 0.744. The molecular weight excluding hydrogens is 255 g/mol. The van der Waals surface area contributed by atoms with E-state index < -0.39 is 26.7 Å². The lowest BCUT2D eigenvalue weighted by Gasteiger charge is -2.40. The molecule has 0 atom stereocenters. The molecule has 1 aromatic rings. The van der Waals surface area contributed by atoms with Crippen LogP contribution in [0.1, 0.15) is 15.9 Å². The molecule has 16 heavy (non-hydrogen) atoms. The molecule has 0 aliphatic carbocycles. The van der Waals surface area contributed by atoms with Crippen molar-refractivity contribution in [3.8, 4) is 0 Å². The van der Waals surface area contributed by atoms with Gasteiger partial charge in [0.1, 0.15) is 4.90 Å². The summed E-state index contributed by atoms with van der Waals surface area (Å²) in [6.45, 7) is 1.02. The Balaban J connectivity index is 3.45. The van der Waals surface area contributed by atoms with Gasteiger partial charge in [0.15, 0.2) is 0 Å². The fourth-order valence-electron chi connectivity index (χ4n) is 1.12. The quantitative estimate of drug-likeness (QED) is 0.804. The number of carboxylic acids is 1. The van der Waals surface area contributed by atoms with E-state index in [1.807, 2.05) is 0 Å². The average Bonchev–Trinajstić information content (AvgIpc) is 1.98. The molecule has 0 bridgehead atoms. The summed E-state index contributed by atoms with van der Waals surface area (Å²) in [7, 11) is -9.72. The predicted molar refractivity (Wildman–Crippen MR) is 49.5 cm³/mol. The molecule has 1 aromatic carbocycles. The number of benzene rings is 1. The van der Waals surface area contributed by atoms with E-state index >= 15 is 0 Å². The molecule has 2 nitrogen and oxygen atoms in total. The zero-order valence-electron chi connectivity index (χ0n) is 7.89. The Bertz CT molecular complexity index is 464. The lowest BCUT2D eigenvalue weighted by atomic mass is 10.1. The molecule has 92 valence electrons. The Morgan fingerprint density at radius 1 is 1.19 bits per heavy atom. The highest BCUT2D eigenvalue weighted by atomic mass is 32.5. The maximum absolute atomic E-state index is 12.3. The van der Waals surface area contributed by atoms with Crippen molar-refractivity contribution in [2.75, 3.05) is 0 Å². The van der Waals surface area contributed by atoms with Crippen molar-refractivity contribution >= 4 is 16.2 Å². The maximum atomic E-state index is 12.3. The third-order valence-corrected chi connectivity index (χ3v) is 3.02. The third-order valence-electron chi connectivity index (χ3n) is 1.87. The molecule has 0 saturated heterocycles. The summed E-state index contributed by atoms with van der Waals surface area (Å²) in [4.78, 5) is 8.40. The number of hydrogen-bond donors (Lipinski definition) is 1. The average molecular weight is 262 g/mol. The van der Waals surface area contributed by atoms with Crippen LogP contribution in [0.4, 0.5) is 19.4 Å². The number of carbonyl (C=O) groups is 1. The zero-order chi connectivity index (χ0) is 12.8. The van der Waals surface area contributed by atoms with Crippen molar-refractivity contribution < 1.29 is 29.3 Å². The minimum absolute atomic E-state index is 0.0814. The zero-order valence-corrected chi connectivity index (χ0v) is 8.70. The highest BCUT2D eigenvalue weighted by molar-refractivity contribution is 8.45. The van der Waals surface area contributed by atoms with E-state index in [0.717, 1.165) is 6.92 Å². The lowest BCUT2D eigenvalue weighted by Crippen LogP contribution is -2.08.